The number of hydrogen-bond donors (Lipinski definition) is 3. The van der Waals surface area contributed by atoms with Crippen molar-refractivity contribution in [2.45, 2.75) is 44.8 Å². The Balaban J connectivity index is 1.63. The van der Waals surface area contributed by atoms with Crippen LogP contribution in [-0.2, 0) is 16.8 Å². The molecule has 8 heteroatoms. The topological polar surface area (TPSA) is 94.2 Å². The van der Waals surface area contributed by atoms with Gasteiger partial charge in [0.25, 0.3) is 11.7 Å². The maximum Gasteiger partial charge on any atom is 0.337 e. The van der Waals surface area contributed by atoms with Crippen molar-refractivity contribution < 1.29 is 14.5 Å². The molecule has 1 aromatic heterocycles. The first-order chi connectivity index (χ1) is 14.8. The van der Waals surface area contributed by atoms with Gasteiger partial charge in [-0.2, -0.15) is 5.10 Å². The summed E-state index contributed by atoms with van der Waals surface area (Å²) in [5.74, 6) is 0.936. The summed E-state index contributed by atoms with van der Waals surface area (Å²) in [6, 6.07) is 15.2. The van der Waals surface area contributed by atoms with Crippen LogP contribution in [0, 0.1) is 0 Å². The van der Waals surface area contributed by atoms with Crippen LogP contribution in [0.25, 0.3) is 11.4 Å². The lowest BCUT2D eigenvalue weighted by atomic mass is 9.87. The molecule has 162 valence electrons. The third-order valence-corrected chi connectivity index (χ3v) is 5.74. The van der Waals surface area contributed by atoms with E-state index in [2.05, 4.69) is 70.3 Å². The highest BCUT2D eigenvalue weighted by Gasteiger charge is 2.22. The molecule has 0 radical (unpaired) electrons. The van der Waals surface area contributed by atoms with Crippen molar-refractivity contribution in [3.63, 3.8) is 0 Å². The molecule has 0 bridgehead atoms. The van der Waals surface area contributed by atoms with Crippen LogP contribution in [0.15, 0.2) is 58.8 Å². The molecule has 0 unspecified atom stereocenters. The highest BCUT2D eigenvalue weighted by Crippen LogP contribution is 2.25. The van der Waals surface area contributed by atoms with Gasteiger partial charge in [-0.1, -0.05) is 45.0 Å². The number of benzene rings is 2. The zero-order chi connectivity index (χ0) is 22.4. The van der Waals surface area contributed by atoms with E-state index in [4.69, 9.17) is 0 Å². The quantitative estimate of drug-likeness (QED) is 0.227. The number of nitrogens with one attached hydrogen (secondary N) is 2. The van der Waals surface area contributed by atoms with Gasteiger partial charge in [-0.25, -0.2) is 9.99 Å². The van der Waals surface area contributed by atoms with Gasteiger partial charge in [-0.3, -0.25) is 4.79 Å². The minimum atomic E-state index is -0.251. The van der Waals surface area contributed by atoms with E-state index in [1.807, 2.05) is 6.92 Å². The first-order valence-electron chi connectivity index (χ1n) is 10.1. The molecule has 0 fully saturated rings. The summed E-state index contributed by atoms with van der Waals surface area (Å²) in [6.07, 6.45) is 1.41. The van der Waals surface area contributed by atoms with Crippen molar-refractivity contribution >= 4 is 23.9 Å². The number of carbonyl (C=O) groups excluding carboxylic acids is 1. The highest BCUT2D eigenvalue weighted by atomic mass is 32.2. The van der Waals surface area contributed by atoms with Gasteiger partial charge in [0.15, 0.2) is 0 Å². The SMILES string of the molecule is CC[n+]1c(SCC(=O)N/N=C/c2ccccc2O)n[nH]c1-c1ccc(C(C)(C)C)cc1. The van der Waals surface area contributed by atoms with Gasteiger partial charge in [-0.15, -0.1) is 5.10 Å². The van der Waals surface area contributed by atoms with E-state index in [9.17, 15) is 9.90 Å². The Kier molecular flexibility index (Phi) is 7.12. The van der Waals surface area contributed by atoms with Gasteiger partial charge in [-0.05, 0) is 53.9 Å². The fourth-order valence-corrected chi connectivity index (χ4v) is 3.81. The Morgan fingerprint density at radius 2 is 1.94 bits per heavy atom. The second-order valence-corrected chi connectivity index (χ2v) is 9.01. The maximum atomic E-state index is 12.1. The van der Waals surface area contributed by atoms with Crippen molar-refractivity contribution in [1.29, 1.82) is 0 Å². The Morgan fingerprint density at radius 1 is 1.23 bits per heavy atom. The van der Waals surface area contributed by atoms with Crippen LogP contribution in [0.4, 0.5) is 0 Å². The summed E-state index contributed by atoms with van der Waals surface area (Å²) in [5, 5.41) is 21.8. The molecule has 1 amide bonds. The Hall–Kier alpha value is -3.13. The number of aromatic nitrogens is 3. The molecule has 7 nitrogen and oxygen atoms in total. The summed E-state index contributed by atoms with van der Waals surface area (Å²) in [7, 11) is 0. The van der Waals surface area contributed by atoms with E-state index in [1.54, 1.807) is 24.3 Å². The predicted molar refractivity (Wildman–Crippen MR) is 123 cm³/mol. The zero-order valence-electron chi connectivity index (χ0n) is 18.2. The van der Waals surface area contributed by atoms with E-state index in [1.165, 1.54) is 23.5 Å². The van der Waals surface area contributed by atoms with Crippen LogP contribution >= 0.6 is 11.8 Å². The number of hydrogen-bond acceptors (Lipinski definition) is 5. The lowest BCUT2D eigenvalue weighted by Crippen LogP contribution is -2.36. The standard InChI is InChI=1S/C23H27N5O2S/c1-5-28-21(16-10-12-18(13-11-16)23(2,3)4)26-27-22(28)31-15-20(30)25-24-14-17-8-6-7-9-19(17)29/h6-14H,5,15H2,1-4H3,(H2,24,25,29,30)/p+1. The minimum absolute atomic E-state index is 0.101. The van der Waals surface area contributed by atoms with E-state index >= 15 is 0 Å². The number of hydrazone groups is 1. The largest absolute Gasteiger partial charge is 0.507 e. The van der Waals surface area contributed by atoms with Crippen LogP contribution in [0.3, 0.4) is 0 Å². The van der Waals surface area contributed by atoms with Crippen LogP contribution in [-0.4, -0.2) is 33.2 Å². The van der Waals surface area contributed by atoms with Crippen LogP contribution in [0.1, 0.15) is 38.8 Å². The molecular weight excluding hydrogens is 410 g/mol. The molecular formula is C23H28N5O2S+. The Bertz CT molecular complexity index is 1070. The van der Waals surface area contributed by atoms with Gasteiger partial charge in [0.1, 0.15) is 5.75 Å². The normalized spacial score (nSPS) is 11.7. The average molecular weight is 439 g/mol. The van der Waals surface area contributed by atoms with Crippen molar-refractivity contribution in [3.8, 4) is 17.1 Å². The Morgan fingerprint density at radius 3 is 2.58 bits per heavy atom. The molecule has 0 saturated carbocycles. The molecule has 31 heavy (non-hydrogen) atoms. The predicted octanol–water partition coefficient (Wildman–Crippen LogP) is 3.63. The molecule has 0 aliphatic heterocycles. The van der Waals surface area contributed by atoms with Gasteiger partial charge < -0.3 is 5.11 Å². The number of nitrogens with zero attached hydrogens (tertiary/aromatic N) is 3. The number of phenolic OH excluding ortho intramolecular Hbond substituents is 1. The molecule has 0 aliphatic rings. The number of carbonyl (C=O) groups is 1. The van der Waals surface area contributed by atoms with Crippen LogP contribution in [0.2, 0.25) is 0 Å². The first kappa shape index (κ1) is 22.6. The third-order valence-electron chi connectivity index (χ3n) is 4.76. The lowest BCUT2D eigenvalue weighted by molar-refractivity contribution is -0.719. The van der Waals surface area contributed by atoms with Crippen LogP contribution in [0.5, 0.6) is 5.75 Å². The molecule has 3 rings (SSSR count). The van der Waals surface area contributed by atoms with Crippen molar-refractivity contribution in [2.24, 2.45) is 5.10 Å². The monoisotopic (exact) mass is 438 g/mol. The van der Waals surface area contributed by atoms with E-state index in [-0.39, 0.29) is 22.8 Å². The van der Waals surface area contributed by atoms with Crippen molar-refractivity contribution in [3.05, 3.63) is 59.7 Å². The first-order valence-corrected chi connectivity index (χ1v) is 11.1. The molecule has 3 N–H and O–H groups in total. The van der Waals surface area contributed by atoms with E-state index < -0.39 is 0 Å². The zero-order valence-corrected chi connectivity index (χ0v) is 19.0. The Labute approximate surface area is 186 Å². The summed E-state index contributed by atoms with van der Waals surface area (Å²) in [4.78, 5) is 12.1. The third kappa shape index (κ3) is 5.73. The summed E-state index contributed by atoms with van der Waals surface area (Å²) in [6.45, 7) is 9.34. The minimum Gasteiger partial charge on any atom is -0.507 e. The highest BCUT2D eigenvalue weighted by molar-refractivity contribution is 7.99. The smallest absolute Gasteiger partial charge is 0.337 e. The number of aromatic amines is 1. The number of aromatic hydroxyl groups is 1. The number of H-pyrrole nitrogens is 1. The van der Waals surface area contributed by atoms with E-state index in [0.29, 0.717) is 5.56 Å². The molecule has 0 saturated heterocycles. The molecule has 2 aromatic carbocycles. The van der Waals surface area contributed by atoms with E-state index in [0.717, 1.165) is 23.1 Å². The molecule has 0 aliphatic carbocycles. The summed E-state index contributed by atoms with van der Waals surface area (Å²) >= 11 is 1.34. The van der Waals surface area contributed by atoms with Crippen LogP contribution < -0.4 is 9.99 Å². The molecule has 0 atom stereocenters. The van der Waals surface area contributed by atoms with Gasteiger partial charge >= 0.3 is 5.16 Å². The fraction of sp³-hybridized carbons (Fsp3) is 0.304. The molecule has 3 aromatic rings. The maximum absolute atomic E-state index is 12.1. The molecule has 0 spiro atoms. The fourth-order valence-electron chi connectivity index (χ4n) is 3.00. The number of rotatable bonds is 7. The number of para-hydroxylation sites is 1. The number of thioether (sulfide) groups is 1. The van der Waals surface area contributed by atoms with Gasteiger partial charge in [0.05, 0.1) is 29.2 Å². The second-order valence-electron chi connectivity index (χ2n) is 8.07. The summed E-state index contributed by atoms with van der Waals surface area (Å²) in [5.41, 5.74) is 5.43. The van der Waals surface area contributed by atoms with Gasteiger partial charge in [0.2, 0.25) is 0 Å². The molecule has 1 heterocycles. The van der Waals surface area contributed by atoms with Gasteiger partial charge in [0, 0.05) is 5.56 Å². The average Bonchev–Trinajstić information content (AvgIpc) is 3.16. The van der Waals surface area contributed by atoms with Crippen molar-refractivity contribution in [1.82, 2.24) is 15.6 Å². The van der Waals surface area contributed by atoms with Crippen molar-refractivity contribution in [2.75, 3.05) is 5.75 Å². The summed E-state index contributed by atoms with van der Waals surface area (Å²) < 4.78 is 2.05. The lowest BCUT2D eigenvalue weighted by Gasteiger charge is -2.18. The number of phenols is 1. The number of amides is 1. The second kappa shape index (κ2) is 9.78.